The van der Waals surface area contributed by atoms with Gasteiger partial charge < -0.3 is 15.4 Å². The topological polar surface area (TPSA) is 106 Å². The quantitative estimate of drug-likeness (QED) is 0.489. The predicted molar refractivity (Wildman–Crippen MR) is 113 cm³/mol. The number of aryl methyl sites for hydroxylation is 1. The van der Waals surface area contributed by atoms with Crippen LogP contribution in [-0.2, 0) is 4.79 Å². The van der Waals surface area contributed by atoms with E-state index in [9.17, 15) is 4.79 Å². The van der Waals surface area contributed by atoms with Crippen molar-refractivity contribution in [2.45, 2.75) is 13.3 Å². The molecule has 0 radical (unpaired) electrons. The number of nitrogens with zero attached hydrogens (tertiary/aromatic N) is 5. The molecule has 9 heteroatoms. The van der Waals surface area contributed by atoms with Crippen molar-refractivity contribution in [1.82, 2.24) is 24.6 Å². The van der Waals surface area contributed by atoms with Crippen molar-refractivity contribution in [2.75, 3.05) is 24.3 Å². The van der Waals surface area contributed by atoms with Crippen LogP contribution in [0, 0.1) is 6.92 Å². The highest BCUT2D eigenvalue weighted by Gasteiger charge is 2.12. The molecule has 152 valence electrons. The van der Waals surface area contributed by atoms with Crippen LogP contribution in [0.25, 0.3) is 17.2 Å². The number of anilines is 2. The lowest BCUT2D eigenvalue weighted by Gasteiger charge is -2.11. The molecule has 0 unspecified atom stereocenters. The Balaban J connectivity index is 1.46. The van der Waals surface area contributed by atoms with E-state index in [-0.39, 0.29) is 12.3 Å². The summed E-state index contributed by atoms with van der Waals surface area (Å²) in [5, 5.41) is 10.7. The second kappa shape index (κ2) is 8.56. The molecule has 0 saturated heterocycles. The van der Waals surface area contributed by atoms with Crippen molar-refractivity contribution in [3.8, 4) is 17.1 Å². The van der Waals surface area contributed by atoms with E-state index in [0.717, 1.165) is 11.3 Å². The van der Waals surface area contributed by atoms with Crippen LogP contribution >= 0.6 is 0 Å². The zero-order chi connectivity index (χ0) is 20.9. The molecule has 3 heterocycles. The summed E-state index contributed by atoms with van der Waals surface area (Å²) in [6.45, 7) is 2.31. The van der Waals surface area contributed by atoms with Gasteiger partial charge >= 0.3 is 0 Å². The summed E-state index contributed by atoms with van der Waals surface area (Å²) >= 11 is 0. The van der Waals surface area contributed by atoms with Crippen LogP contribution in [0.5, 0.6) is 5.75 Å². The van der Waals surface area contributed by atoms with E-state index in [1.807, 2.05) is 37.3 Å². The maximum Gasteiger partial charge on any atom is 0.254 e. The minimum absolute atomic E-state index is 0.122. The van der Waals surface area contributed by atoms with Crippen LogP contribution in [0.15, 0.2) is 54.9 Å². The summed E-state index contributed by atoms with van der Waals surface area (Å²) in [5.41, 5.74) is 2.25. The average Bonchev–Trinajstić information content (AvgIpc) is 3.19. The molecule has 3 aromatic heterocycles. The standard InChI is InChI=1S/C21H21N7O2/c1-14-12-18(23-11-9-19(29)25-16-7-3-4-8-17(16)30-2)28-21(24-14)26-20(27-28)15-6-5-10-22-13-15/h3-8,10,12-13,23H,9,11H2,1-2H3,(H,25,29). The molecule has 0 aliphatic heterocycles. The summed E-state index contributed by atoms with van der Waals surface area (Å²) < 4.78 is 6.89. The van der Waals surface area contributed by atoms with Gasteiger partial charge in [0.2, 0.25) is 5.91 Å². The third kappa shape index (κ3) is 4.19. The number of carbonyl (C=O) groups excluding carboxylic acids is 1. The number of fused-ring (bicyclic) bond motifs is 1. The molecule has 1 aromatic carbocycles. The van der Waals surface area contributed by atoms with Crippen molar-refractivity contribution in [2.24, 2.45) is 0 Å². The molecule has 4 aromatic rings. The largest absolute Gasteiger partial charge is 0.495 e. The second-order valence-corrected chi connectivity index (χ2v) is 6.60. The van der Waals surface area contributed by atoms with Gasteiger partial charge in [-0.15, -0.1) is 5.10 Å². The predicted octanol–water partition coefficient (Wildman–Crippen LogP) is 2.94. The van der Waals surface area contributed by atoms with E-state index < -0.39 is 0 Å². The first kappa shape index (κ1) is 19.3. The molecule has 0 aliphatic rings. The average molecular weight is 403 g/mol. The van der Waals surface area contributed by atoms with Crippen LogP contribution < -0.4 is 15.4 Å². The summed E-state index contributed by atoms with van der Waals surface area (Å²) in [6.07, 6.45) is 3.67. The maximum absolute atomic E-state index is 12.3. The van der Waals surface area contributed by atoms with E-state index >= 15 is 0 Å². The highest BCUT2D eigenvalue weighted by Crippen LogP contribution is 2.23. The first-order valence-corrected chi connectivity index (χ1v) is 9.45. The first-order chi connectivity index (χ1) is 14.6. The van der Waals surface area contributed by atoms with Crippen molar-refractivity contribution in [1.29, 1.82) is 0 Å². The number of rotatable bonds is 7. The monoisotopic (exact) mass is 403 g/mol. The fourth-order valence-corrected chi connectivity index (χ4v) is 2.99. The van der Waals surface area contributed by atoms with E-state index in [0.29, 0.717) is 35.4 Å². The lowest BCUT2D eigenvalue weighted by Crippen LogP contribution is -2.17. The molecule has 0 fully saturated rings. The molecule has 0 atom stereocenters. The number of para-hydroxylation sites is 2. The smallest absolute Gasteiger partial charge is 0.254 e. The Bertz CT molecular complexity index is 1170. The molecule has 0 bridgehead atoms. The van der Waals surface area contributed by atoms with Gasteiger partial charge in [-0.25, -0.2) is 4.98 Å². The fourth-order valence-electron chi connectivity index (χ4n) is 2.99. The summed E-state index contributed by atoms with van der Waals surface area (Å²) in [5.74, 6) is 2.23. The second-order valence-electron chi connectivity index (χ2n) is 6.60. The van der Waals surface area contributed by atoms with Gasteiger partial charge in [-0.05, 0) is 31.2 Å². The van der Waals surface area contributed by atoms with Crippen LogP contribution in [0.3, 0.4) is 0 Å². The van der Waals surface area contributed by atoms with Crippen LogP contribution in [0.4, 0.5) is 11.5 Å². The Labute approximate surface area is 173 Å². The summed E-state index contributed by atoms with van der Waals surface area (Å²) in [6, 6.07) is 12.9. The van der Waals surface area contributed by atoms with Gasteiger partial charge in [0.1, 0.15) is 11.6 Å². The molecule has 9 nitrogen and oxygen atoms in total. The van der Waals surface area contributed by atoms with E-state index in [1.165, 1.54) is 0 Å². The third-order valence-corrected chi connectivity index (χ3v) is 4.40. The van der Waals surface area contributed by atoms with Crippen LogP contribution in [0.1, 0.15) is 12.1 Å². The number of hydrogen-bond acceptors (Lipinski definition) is 7. The van der Waals surface area contributed by atoms with Crippen LogP contribution in [0.2, 0.25) is 0 Å². The van der Waals surface area contributed by atoms with Gasteiger partial charge in [0.25, 0.3) is 5.78 Å². The van der Waals surface area contributed by atoms with E-state index in [1.54, 1.807) is 36.2 Å². The van der Waals surface area contributed by atoms with E-state index in [2.05, 4.69) is 30.7 Å². The SMILES string of the molecule is COc1ccccc1NC(=O)CCNc1cc(C)nc2nc(-c3cccnc3)nn12. The summed E-state index contributed by atoms with van der Waals surface area (Å²) in [4.78, 5) is 25.4. The first-order valence-electron chi connectivity index (χ1n) is 9.45. The maximum atomic E-state index is 12.3. The van der Waals surface area contributed by atoms with Crippen molar-refractivity contribution in [3.05, 3.63) is 60.6 Å². The number of methoxy groups -OCH3 is 1. The lowest BCUT2D eigenvalue weighted by molar-refractivity contribution is -0.116. The molecule has 2 N–H and O–H groups in total. The number of amides is 1. The minimum Gasteiger partial charge on any atom is -0.495 e. The van der Waals surface area contributed by atoms with Gasteiger partial charge in [-0.2, -0.15) is 9.50 Å². The molecule has 0 saturated carbocycles. The number of carbonyl (C=O) groups is 1. The Morgan fingerprint density at radius 1 is 1.17 bits per heavy atom. The third-order valence-electron chi connectivity index (χ3n) is 4.40. The lowest BCUT2D eigenvalue weighted by atomic mass is 10.2. The molecular weight excluding hydrogens is 382 g/mol. The Hall–Kier alpha value is -4.01. The molecule has 0 aliphatic carbocycles. The van der Waals surface area contributed by atoms with Crippen molar-refractivity contribution in [3.63, 3.8) is 0 Å². The van der Waals surface area contributed by atoms with Crippen molar-refractivity contribution >= 4 is 23.2 Å². The highest BCUT2D eigenvalue weighted by molar-refractivity contribution is 5.92. The number of nitrogens with one attached hydrogen (secondary N) is 2. The zero-order valence-electron chi connectivity index (χ0n) is 16.7. The number of aromatic nitrogens is 5. The van der Waals surface area contributed by atoms with Gasteiger partial charge in [0.15, 0.2) is 5.82 Å². The molecule has 4 rings (SSSR count). The van der Waals surface area contributed by atoms with Crippen LogP contribution in [-0.4, -0.2) is 44.1 Å². The molecule has 1 amide bonds. The molecule has 30 heavy (non-hydrogen) atoms. The van der Waals surface area contributed by atoms with Gasteiger partial charge in [-0.1, -0.05) is 12.1 Å². The number of ether oxygens (including phenoxy) is 1. The molecular formula is C21H21N7O2. The fraction of sp³-hybridized carbons (Fsp3) is 0.190. The minimum atomic E-state index is -0.122. The van der Waals surface area contributed by atoms with E-state index in [4.69, 9.17) is 4.74 Å². The van der Waals surface area contributed by atoms with Crippen molar-refractivity contribution < 1.29 is 9.53 Å². The highest BCUT2D eigenvalue weighted by atomic mass is 16.5. The van der Waals surface area contributed by atoms with Gasteiger partial charge in [0.05, 0.1) is 12.8 Å². The Kier molecular flexibility index (Phi) is 5.51. The zero-order valence-corrected chi connectivity index (χ0v) is 16.7. The number of pyridine rings is 1. The van der Waals surface area contributed by atoms with Gasteiger partial charge in [0, 0.05) is 42.7 Å². The summed E-state index contributed by atoms with van der Waals surface area (Å²) in [7, 11) is 1.57. The number of hydrogen-bond donors (Lipinski definition) is 2. The Morgan fingerprint density at radius 2 is 2.03 bits per heavy atom. The van der Waals surface area contributed by atoms with Gasteiger partial charge in [-0.3, -0.25) is 9.78 Å². The number of benzene rings is 1. The molecule has 0 spiro atoms. The Morgan fingerprint density at radius 3 is 2.83 bits per heavy atom. The normalized spacial score (nSPS) is 10.7.